The van der Waals surface area contributed by atoms with Gasteiger partial charge in [0.05, 0.1) is 40.7 Å². The molecule has 0 aliphatic rings. The van der Waals surface area contributed by atoms with E-state index in [9.17, 15) is 29.7 Å². The molecule has 27 heavy (non-hydrogen) atoms. The van der Waals surface area contributed by atoms with Crippen molar-refractivity contribution in [2.24, 2.45) is 0 Å². The second kappa shape index (κ2) is 7.00. The minimum Gasteiger partial charge on any atom is -0.545 e. The number of hydrogen-bond acceptors (Lipinski definition) is 9. The summed E-state index contributed by atoms with van der Waals surface area (Å²) >= 11 is 0. The molecule has 9 nitrogen and oxygen atoms in total. The van der Waals surface area contributed by atoms with Crippen LogP contribution in [-0.4, -0.2) is 32.9 Å². The largest absolute Gasteiger partial charge is 0.545 e. The average Bonchev–Trinajstić information content (AvgIpc) is 2.67. The number of carbonyl (C=O) groups is 3. The Morgan fingerprint density at radius 1 is 0.593 bits per heavy atom. The number of rotatable bonds is 5. The van der Waals surface area contributed by atoms with Gasteiger partial charge in [0.1, 0.15) is 0 Å². The van der Waals surface area contributed by atoms with Gasteiger partial charge in [-0.2, -0.15) is 0 Å². The van der Waals surface area contributed by atoms with Gasteiger partial charge >= 0.3 is 0 Å². The summed E-state index contributed by atoms with van der Waals surface area (Å²) in [5, 5.41) is 33.4. The van der Waals surface area contributed by atoms with Crippen LogP contribution in [0.3, 0.4) is 0 Å². The van der Waals surface area contributed by atoms with Gasteiger partial charge in [0.2, 0.25) is 0 Å². The molecule has 0 N–H and O–H groups in total. The zero-order chi connectivity index (χ0) is 19.6. The van der Waals surface area contributed by atoms with Crippen LogP contribution in [0.1, 0.15) is 31.1 Å². The summed E-state index contributed by atoms with van der Waals surface area (Å²) in [7, 11) is 0. The molecule has 3 rings (SSSR count). The molecular weight excluding hydrogens is 354 g/mol. The molecule has 3 aromatic heterocycles. The van der Waals surface area contributed by atoms with Crippen molar-refractivity contribution in [3.8, 4) is 22.8 Å². The van der Waals surface area contributed by atoms with E-state index in [0.717, 1.165) is 12.1 Å². The summed E-state index contributed by atoms with van der Waals surface area (Å²) < 4.78 is 0. The SMILES string of the molecule is O=C([O-])c1ccnc(-c2cc(C(=O)[O-])cc(-c3cc(C(=O)[O-])ccn3)n2)c1. The first-order chi connectivity index (χ1) is 12.8. The van der Waals surface area contributed by atoms with Crippen molar-refractivity contribution in [3.05, 3.63) is 65.5 Å². The zero-order valence-electron chi connectivity index (χ0n) is 13.4. The molecule has 0 fully saturated rings. The third-order valence-corrected chi connectivity index (χ3v) is 3.58. The fourth-order valence-corrected chi connectivity index (χ4v) is 2.31. The van der Waals surface area contributed by atoms with Crippen LogP contribution < -0.4 is 15.3 Å². The fraction of sp³-hybridized carbons (Fsp3) is 0. The molecule has 3 heterocycles. The van der Waals surface area contributed by atoms with Gasteiger partial charge in [0.15, 0.2) is 0 Å². The van der Waals surface area contributed by atoms with Gasteiger partial charge in [-0.15, -0.1) is 0 Å². The Morgan fingerprint density at radius 2 is 0.963 bits per heavy atom. The summed E-state index contributed by atoms with van der Waals surface area (Å²) in [6.07, 6.45) is 2.42. The maximum Gasteiger partial charge on any atom is 0.0901 e. The van der Waals surface area contributed by atoms with Gasteiger partial charge in [-0.1, -0.05) is 0 Å². The van der Waals surface area contributed by atoms with E-state index in [1.165, 1.54) is 36.7 Å². The summed E-state index contributed by atoms with van der Waals surface area (Å²) in [6.45, 7) is 0. The summed E-state index contributed by atoms with van der Waals surface area (Å²) in [6, 6.07) is 7.09. The number of aromatic nitrogens is 3. The maximum absolute atomic E-state index is 11.3. The average molecular weight is 362 g/mol. The van der Waals surface area contributed by atoms with E-state index in [2.05, 4.69) is 15.0 Å². The minimum absolute atomic E-state index is 0.0375. The van der Waals surface area contributed by atoms with Crippen LogP contribution in [0.15, 0.2) is 48.8 Å². The summed E-state index contributed by atoms with van der Waals surface area (Å²) in [4.78, 5) is 45.5. The number of hydrogen-bond donors (Lipinski definition) is 0. The molecule has 0 unspecified atom stereocenters. The molecule has 0 spiro atoms. The van der Waals surface area contributed by atoms with Crippen LogP contribution in [0.2, 0.25) is 0 Å². The Labute approximate surface area is 151 Å². The molecule has 3 aromatic rings. The lowest BCUT2D eigenvalue weighted by Crippen LogP contribution is -2.23. The Kier molecular flexibility index (Phi) is 4.58. The van der Waals surface area contributed by atoms with Gasteiger partial charge in [0.25, 0.3) is 0 Å². The highest BCUT2D eigenvalue weighted by molar-refractivity contribution is 5.91. The highest BCUT2D eigenvalue weighted by Gasteiger charge is 2.11. The monoisotopic (exact) mass is 362 g/mol. The molecule has 134 valence electrons. The molecule has 0 atom stereocenters. The minimum atomic E-state index is -1.51. The van der Waals surface area contributed by atoms with E-state index in [1.54, 1.807) is 0 Å². The van der Waals surface area contributed by atoms with Crippen molar-refractivity contribution in [2.45, 2.75) is 0 Å². The number of aromatic carboxylic acids is 3. The number of pyridine rings is 3. The second-order valence-corrected chi connectivity index (χ2v) is 5.35. The number of carboxylic acid groups (broad SMARTS) is 3. The normalized spacial score (nSPS) is 10.4. The molecule has 0 aliphatic carbocycles. The van der Waals surface area contributed by atoms with Crippen molar-refractivity contribution in [1.29, 1.82) is 0 Å². The topological polar surface area (TPSA) is 159 Å². The molecule has 0 saturated heterocycles. The third-order valence-electron chi connectivity index (χ3n) is 3.58. The van der Waals surface area contributed by atoms with Crippen LogP contribution in [0.5, 0.6) is 0 Å². The lowest BCUT2D eigenvalue weighted by Gasteiger charge is -2.11. The molecule has 9 heteroatoms. The highest BCUT2D eigenvalue weighted by Crippen LogP contribution is 2.23. The number of nitrogens with zero attached hydrogens (tertiary/aromatic N) is 3. The molecule has 0 radical (unpaired) electrons. The Balaban J connectivity index is 2.18. The second-order valence-electron chi connectivity index (χ2n) is 5.35. The first-order valence-corrected chi connectivity index (χ1v) is 7.44. The first kappa shape index (κ1) is 17.7. The van der Waals surface area contributed by atoms with Gasteiger partial charge in [-0.25, -0.2) is 4.98 Å². The zero-order valence-corrected chi connectivity index (χ0v) is 13.4. The molecule has 0 saturated carbocycles. The van der Waals surface area contributed by atoms with E-state index in [1.807, 2.05) is 0 Å². The quantitative estimate of drug-likeness (QED) is 0.515. The number of carboxylic acids is 3. The molecule has 0 bridgehead atoms. The van der Waals surface area contributed by atoms with Crippen molar-refractivity contribution in [1.82, 2.24) is 15.0 Å². The van der Waals surface area contributed by atoms with E-state index >= 15 is 0 Å². The van der Waals surface area contributed by atoms with Crippen LogP contribution in [0.25, 0.3) is 22.8 Å². The lowest BCUT2D eigenvalue weighted by molar-refractivity contribution is -0.256. The van der Waals surface area contributed by atoms with E-state index < -0.39 is 17.9 Å². The van der Waals surface area contributed by atoms with Gasteiger partial charge in [-0.05, 0) is 36.4 Å². The van der Waals surface area contributed by atoms with Crippen LogP contribution in [0, 0.1) is 0 Å². The first-order valence-electron chi connectivity index (χ1n) is 7.44. The Morgan fingerprint density at radius 3 is 1.33 bits per heavy atom. The van der Waals surface area contributed by atoms with E-state index in [0.29, 0.717) is 0 Å². The fourth-order valence-electron chi connectivity index (χ4n) is 2.31. The van der Waals surface area contributed by atoms with E-state index in [-0.39, 0.29) is 39.5 Å². The van der Waals surface area contributed by atoms with Crippen molar-refractivity contribution in [2.75, 3.05) is 0 Å². The maximum atomic E-state index is 11.3. The van der Waals surface area contributed by atoms with Gasteiger partial charge in [0, 0.05) is 29.1 Å². The molecule has 0 amide bonds. The molecular formula is C18H8N3O6-3. The number of carbonyl (C=O) groups excluding carboxylic acids is 3. The van der Waals surface area contributed by atoms with E-state index in [4.69, 9.17) is 0 Å². The van der Waals surface area contributed by atoms with Crippen LogP contribution in [0.4, 0.5) is 0 Å². The Bertz CT molecular complexity index is 1000. The van der Waals surface area contributed by atoms with Crippen LogP contribution >= 0.6 is 0 Å². The summed E-state index contributed by atoms with van der Waals surface area (Å²) in [5.41, 5.74) is -0.366. The molecule has 0 aromatic carbocycles. The Hall–Kier alpha value is -4.14. The predicted molar refractivity (Wildman–Crippen MR) is 83.7 cm³/mol. The van der Waals surface area contributed by atoms with Gasteiger partial charge < -0.3 is 29.7 Å². The van der Waals surface area contributed by atoms with Crippen molar-refractivity contribution >= 4 is 17.9 Å². The highest BCUT2D eigenvalue weighted by atomic mass is 16.4. The lowest BCUT2D eigenvalue weighted by atomic mass is 10.1. The smallest absolute Gasteiger partial charge is 0.0901 e. The predicted octanol–water partition coefficient (Wildman–Crippen LogP) is -1.70. The van der Waals surface area contributed by atoms with Crippen LogP contribution in [-0.2, 0) is 0 Å². The van der Waals surface area contributed by atoms with Crippen molar-refractivity contribution < 1.29 is 29.7 Å². The van der Waals surface area contributed by atoms with Crippen molar-refractivity contribution in [3.63, 3.8) is 0 Å². The standard InChI is InChI=1S/C18H11N3O6/c22-16(23)9-1-3-19-12(5-9)14-7-11(18(26)27)8-15(21-14)13-6-10(17(24)25)2-4-20-13/h1-8H,(H,22,23)(H,24,25)(H,26,27)/p-3. The summed E-state index contributed by atoms with van der Waals surface area (Å²) in [5.74, 6) is -4.37. The third kappa shape index (κ3) is 3.76. The van der Waals surface area contributed by atoms with Gasteiger partial charge in [-0.3, -0.25) is 9.97 Å². The molecule has 0 aliphatic heterocycles.